The molecule has 1 unspecified atom stereocenters. The molecule has 0 radical (unpaired) electrons. The molecule has 194 valence electrons. The van der Waals surface area contributed by atoms with Crippen LogP contribution in [0.3, 0.4) is 0 Å². The van der Waals surface area contributed by atoms with Crippen LogP contribution in [-0.2, 0) is 17.4 Å². The van der Waals surface area contributed by atoms with Gasteiger partial charge in [0, 0.05) is 37.7 Å². The Morgan fingerprint density at radius 3 is 2.46 bits per heavy atom. The third-order valence-electron chi connectivity index (χ3n) is 6.82. The van der Waals surface area contributed by atoms with Crippen LogP contribution in [0.1, 0.15) is 57.6 Å². The Kier molecular flexibility index (Phi) is 9.72. The van der Waals surface area contributed by atoms with E-state index < -0.39 is 7.37 Å². The van der Waals surface area contributed by atoms with Crippen molar-refractivity contribution in [2.75, 3.05) is 44.5 Å². The van der Waals surface area contributed by atoms with Crippen LogP contribution in [0.4, 0.5) is 5.69 Å². The molecule has 2 aromatic rings. The van der Waals surface area contributed by atoms with Gasteiger partial charge < -0.3 is 19.3 Å². The second-order valence-electron chi connectivity index (χ2n) is 11.3. The second-order valence-corrected chi connectivity index (χ2v) is 13.9. The lowest BCUT2D eigenvalue weighted by Gasteiger charge is -2.35. The zero-order valence-electron chi connectivity index (χ0n) is 22.3. The SMILES string of the molecule is COc1ccc(CCCC(C)(C)C)c(N2CCC(COc3cccc(CCP(C)(=O)O)c3)CC2)c1. The quantitative estimate of drug-likeness (QED) is 0.343. The highest BCUT2D eigenvalue weighted by atomic mass is 31.2. The molecule has 1 aliphatic rings. The van der Waals surface area contributed by atoms with E-state index in [1.54, 1.807) is 7.11 Å². The van der Waals surface area contributed by atoms with Crippen molar-refractivity contribution in [3.63, 3.8) is 0 Å². The average molecular weight is 502 g/mol. The zero-order valence-corrected chi connectivity index (χ0v) is 23.2. The fraction of sp³-hybridized carbons (Fsp3) is 0.586. The molecule has 1 N–H and O–H groups in total. The predicted octanol–water partition coefficient (Wildman–Crippen LogP) is 6.80. The molecule has 0 amide bonds. The standard InChI is InChI=1S/C29H44NO4P/c1-29(2,3)16-7-9-25-11-12-26(33-4)21-28(25)30-17-13-24(14-18-30)22-34-27-10-6-8-23(20-27)15-19-35(5,31)32/h6,8,10-12,20-21,24H,7,9,13-19,22H2,1-5H3,(H,31,32). The summed E-state index contributed by atoms with van der Waals surface area (Å²) in [6.07, 6.45) is 6.61. The molecule has 1 heterocycles. The normalized spacial score (nSPS) is 16.7. The highest BCUT2D eigenvalue weighted by Crippen LogP contribution is 2.36. The van der Waals surface area contributed by atoms with Gasteiger partial charge >= 0.3 is 0 Å². The van der Waals surface area contributed by atoms with Gasteiger partial charge in [0.2, 0.25) is 0 Å². The fourth-order valence-corrected chi connectivity index (χ4v) is 5.34. The Balaban J connectivity index is 1.54. The molecule has 0 saturated carbocycles. The van der Waals surface area contributed by atoms with E-state index in [0.29, 0.717) is 30.5 Å². The Labute approximate surface area is 212 Å². The van der Waals surface area contributed by atoms with E-state index in [2.05, 4.69) is 43.9 Å². The highest BCUT2D eigenvalue weighted by Gasteiger charge is 2.22. The lowest BCUT2D eigenvalue weighted by Crippen LogP contribution is -2.36. The van der Waals surface area contributed by atoms with Crippen LogP contribution in [0.15, 0.2) is 42.5 Å². The molecular weight excluding hydrogens is 457 g/mol. The van der Waals surface area contributed by atoms with Crippen molar-refractivity contribution in [1.82, 2.24) is 0 Å². The molecule has 0 aromatic heterocycles. The minimum absolute atomic E-state index is 0.303. The number of rotatable bonds is 11. The molecule has 35 heavy (non-hydrogen) atoms. The second kappa shape index (κ2) is 12.3. The Bertz CT molecular complexity index is 986. The maximum absolute atomic E-state index is 11.6. The fourth-order valence-electron chi connectivity index (χ4n) is 4.67. The third-order valence-corrected chi connectivity index (χ3v) is 7.87. The lowest BCUT2D eigenvalue weighted by molar-refractivity contribution is 0.222. The first-order valence-electron chi connectivity index (χ1n) is 13.0. The maximum atomic E-state index is 11.6. The van der Waals surface area contributed by atoms with E-state index in [0.717, 1.165) is 49.4 Å². The molecule has 1 saturated heterocycles. The van der Waals surface area contributed by atoms with Crippen molar-refractivity contribution in [3.05, 3.63) is 53.6 Å². The van der Waals surface area contributed by atoms with Crippen molar-refractivity contribution in [2.45, 2.75) is 59.3 Å². The van der Waals surface area contributed by atoms with Crippen LogP contribution in [0.25, 0.3) is 0 Å². The number of nitrogens with zero attached hydrogens (tertiary/aromatic N) is 1. The van der Waals surface area contributed by atoms with Gasteiger partial charge in [-0.25, -0.2) is 0 Å². The molecule has 0 spiro atoms. The van der Waals surface area contributed by atoms with Crippen LogP contribution in [-0.4, -0.2) is 44.5 Å². The van der Waals surface area contributed by atoms with Gasteiger partial charge in [-0.05, 0) is 79.2 Å². The summed E-state index contributed by atoms with van der Waals surface area (Å²) < 4.78 is 23.3. The molecule has 5 nitrogen and oxygen atoms in total. The van der Waals surface area contributed by atoms with Gasteiger partial charge in [0.15, 0.2) is 7.37 Å². The summed E-state index contributed by atoms with van der Waals surface area (Å²) in [6, 6.07) is 14.5. The number of piperidine rings is 1. The molecular formula is C29H44NO4P. The minimum Gasteiger partial charge on any atom is -0.497 e. The summed E-state index contributed by atoms with van der Waals surface area (Å²) in [4.78, 5) is 12.1. The van der Waals surface area contributed by atoms with E-state index in [1.165, 1.54) is 30.8 Å². The average Bonchev–Trinajstić information content (AvgIpc) is 2.81. The minimum atomic E-state index is -2.99. The van der Waals surface area contributed by atoms with Crippen LogP contribution in [0.2, 0.25) is 0 Å². The molecule has 0 aliphatic carbocycles. The van der Waals surface area contributed by atoms with Crippen molar-refractivity contribution in [1.29, 1.82) is 0 Å². The molecule has 6 heteroatoms. The number of methoxy groups -OCH3 is 1. The number of aryl methyl sites for hydroxylation is 2. The molecule has 1 fully saturated rings. The van der Waals surface area contributed by atoms with Gasteiger partial charge in [-0.1, -0.05) is 39.0 Å². The predicted molar refractivity (Wildman–Crippen MR) is 147 cm³/mol. The van der Waals surface area contributed by atoms with Gasteiger partial charge in [0.25, 0.3) is 0 Å². The maximum Gasteiger partial charge on any atom is 0.197 e. The Morgan fingerprint density at radius 2 is 1.80 bits per heavy atom. The number of hydrogen-bond acceptors (Lipinski definition) is 4. The van der Waals surface area contributed by atoms with Crippen molar-refractivity contribution in [2.24, 2.45) is 11.3 Å². The summed E-state index contributed by atoms with van der Waals surface area (Å²) in [7, 11) is -1.25. The van der Waals surface area contributed by atoms with E-state index in [-0.39, 0.29) is 0 Å². The molecule has 0 bridgehead atoms. The molecule has 1 aliphatic heterocycles. The van der Waals surface area contributed by atoms with Crippen molar-refractivity contribution >= 4 is 13.1 Å². The van der Waals surface area contributed by atoms with E-state index in [4.69, 9.17) is 9.47 Å². The Hall–Kier alpha value is -1.97. The van der Waals surface area contributed by atoms with Gasteiger partial charge in [-0.15, -0.1) is 0 Å². The molecule has 1 atom stereocenters. The summed E-state index contributed by atoms with van der Waals surface area (Å²) in [5, 5.41) is 0. The first-order valence-corrected chi connectivity index (χ1v) is 15.2. The highest BCUT2D eigenvalue weighted by molar-refractivity contribution is 7.57. The van der Waals surface area contributed by atoms with Gasteiger partial charge in [-0.2, -0.15) is 0 Å². The van der Waals surface area contributed by atoms with Gasteiger partial charge in [0.05, 0.1) is 13.7 Å². The third kappa shape index (κ3) is 9.54. The smallest absolute Gasteiger partial charge is 0.197 e. The van der Waals surface area contributed by atoms with Gasteiger partial charge in [-0.3, -0.25) is 4.57 Å². The summed E-state index contributed by atoms with van der Waals surface area (Å²) in [5.74, 6) is 2.30. The van der Waals surface area contributed by atoms with Crippen LogP contribution < -0.4 is 14.4 Å². The monoisotopic (exact) mass is 501 g/mol. The van der Waals surface area contributed by atoms with Crippen molar-refractivity contribution < 1.29 is 18.9 Å². The van der Waals surface area contributed by atoms with Crippen molar-refractivity contribution in [3.8, 4) is 11.5 Å². The summed E-state index contributed by atoms with van der Waals surface area (Å²) >= 11 is 0. The van der Waals surface area contributed by atoms with Crippen LogP contribution in [0, 0.1) is 11.3 Å². The Morgan fingerprint density at radius 1 is 1.06 bits per heavy atom. The van der Waals surface area contributed by atoms with Crippen LogP contribution in [0.5, 0.6) is 11.5 Å². The zero-order chi connectivity index (χ0) is 25.5. The molecule has 3 rings (SSSR count). The number of hydrogen-bond donors (Lipinski definition) is 1. The first kappa shape index (κ1) is 27.6. The number of anilines is 1. The largest absolute Gasteiger partial charge is 0.497 e. The summed E-state index contributed by atoms with van der Waals surface area (Å²) in [6.45, 7) is 11.1. The van der Waals surface area contributed by atoms with E-state index >= 15 is 0 Å². The lowest BCUT2D eigenvalue weighted by atomic mass is 9.88. The number of benzene rings is 2. The number of ether oxygens (including phenoxy) is 2. The van der Waals surface area contributed by atoms with Crippen LogP contribution >= 0.6 is 7.37 Å². The topological polar surface area (TPSA) is 59.0 Å². The summed E-state index contributed by atoms with van der Waals surface area (Å²) in [5.41, 5.74) is 4.15. The first-order chi connectivity index (χ1) is 16.5. The molecule has 2 aromatic carbocycles. The van der Waals surface area contributed by atoms with E-state index in [9.17, 15) is 9.46 Å². The van der Waals surface area contributed by atoms with E-state index in [1.807, 2.05) is 24.3 Å². The van der Waals surface area contributed by atoms with Gasteiger partial charge in [0.1, 0.15) is 11.5 Å².